The van der Waals surface area contributed by atoms with Gasteiger partial charge in [-0.3, -0.25) is 9.36 Å². The summed E-state index contributed by atoms with van der Waals surface area (Å²) in [5, 5.41) is 2.94. The lowest BCUT2D eigenvalue weighted by Crippen LogP contribution is -2.16. The molecule has 0 spiro atoms. The van der Waals surface area contributed by atoms with Gasteiger partial charge in [-0.15, -0.1) is 0 Å². The Morgan fingerprint density at radius 1 is 0.774 bits per heavy atom. The van der Waals surface area contributed by atoms with Crippen molar-refractivity contribution in [1.82, 2.24) is 14.0 Å². The summed E-state index contributed by atoms with van der Waals surface area (Å²) in [6.45, 7) is 2.06. The number of aryl methyl sites for hydroxylation is 1. The highest BCUT2D eigenvalue weighted by molar-refractivity contribution is 5.85. The van der Waals surface area contributed by atoms with Crippen LogP contribution in [0.25, 0.3) is 44.4 Å². The van der Waals surface area contributed by atoms with E-state index in [2.05, 4.69) is 61.5 Å². The molecule has 2 aromatic heterocycles. The fraction of sp³-hybridized carbons (Fsp3) is 0.0370. The van der Waals surface area contributed by atoms with Gasteiger partial charge in [0, 0.05) is 17.4 Å². The molecular formula is C27H19N3O. The van der Waals surface area contributed by atoms with Crippen LogP contribution in [0.3, 0.4) is 0 Å². The van der Waals surface area contributed by atoms with E-state index in [9.17, 15) is 4.79 Å². The molecule has 0 amide bonds. The zero-order chi connectivity index (χ0) is 20.9. The van der Waals surface area contributed by atoms with E-state index in [1.165, 1.54) is 10.9 Å². The summed E-state index contributed by atoms with van der Waals surface area (Å²) in [5.74, 6) is 0.606. The van der Waals surface area contributed by atoms with Crippen LogP contribution in [0.15, 0.2) is 102 Å². The summed E-state index contributed by atoms with van der Waals surface area (Å²) in [5.41, 5.74) is 4.59. The van der Waals surface area contributed by atoms with Gasteiger partial charge in [-0.2, -0.15) is 0 Å². The highest BCUT2D eigenvalue weighted by Crippen LogP contribution is 2.27. The van der Waals surface area contributed by atoms with Gasteiger partial charge in [0.2, 0.25) is 5.78 Å². The van der Waals surface area contributed by atoms with Crippen LogP contribution in [0.1, 0.15) is 5.56 Å². The first kappa shape index (κ1) is 17.7. The van der Waals surface area contributed by atoms with Crippen molar-refractivity contribution >= 4 is 27.5 Å². The Labute approximate surface area is 178 Å². The van der Waals surface area contributed by atoms with Crippen LogP contribution < -0.4 is 5.56 Å². The fourth-order valence-corrected chi connectivity index (χ4v) is 4.18. The van der Waals surface area contributed by atoms with E-state index in [0.29, 0.717) is 16.7 Å². The van der Waals surface area contributed by atoms with Gasteiger partial charge in [0.05, 0.1) is 16.6 Å². The Hall–Kier alpha value is -4.18. The number of nitrogens with zero attached hydrogens (tertiary/aromatic N) is 3. The maximum Gasteiger partial charge on any atom is 0.267 e. The van der Waals surface area contributed by atoms with E-state index in [1.54, 1.807) is 4.40 Å². The predicted molar refractivity (Wildman–Crippen MR) is 126 cm³/mol. The fourth-order valence-electron chi connectivity index (χ4n) is 4.18. The molecule has 0 atom stereocenters. The lowest BCUT2D eigenvalue weighted by Gasteiger charge is -2.07. The molecule has 6 aromatic rings. The van der Waals surface area contributed by atoms with E-state index in [0.717, 1.165) is 22.3 Å². The van der Waals surface area contributed by atoms with Crippen molar-refractivity contribution in [2.45, 2.75) is 6.92 Å². The van der Waals surface area contributed by atoms with Gasteiger partial charge in [0.25, 0.3) is 5.56 Å². The third-order valence-corrected chi connectivity index (χ3v) is 5.82. The number of fused-ring (bicyclic) bond motifs is 3. The van der Waals surface area contributed by atoms with Crippen molar-refractivity contribution < 1.29 is 0 Å². The van der Waals surface area contributed by atoms with Crippen LogP contribution >= 0.6 is 0 Å². The second-order valence-electron chi connectivity index (χ2n) is 7.85. The van der Waals surface area contributed by atoms with Crippen LogP contribution in [0, 0.1) is 6.92 Å². The Morgan fingerprint density at radius 3 is 2.35 bits per heavy atom. The van der Waals surface area contributed by atoms with E-state index in [4.69, 9.17) is 4.98 Å². The zero-order valence-corrected chi connectivity index (χ0v) is 17.0. The van der Waals surface area contributed by atoms with E-state index in [-0.39, 0.29) is 5.56 Å². The van der Waals surface area contributed by atoms with Gasteiger partial charge in [-0.1, -0.05) is 72.3 Å². The lowest BCUT2D eigenvalue weighted by atomic mass is 10.1. The zero-order valence-electron chi connectivity index (χ0n) is 17.0. The molecule has 4 aromatic carbocycles. The highest BCUT2D eigenvalue weighted by Gasteiger charge is 2.17. The number of rotatable bonds is 2. The van der Waals surface area contributed by atoms with Crippen molar-refractivity contribution in [3.8, 4) is 16.9 Å². The predicted octanol–water partition coefficient (Wildman–Crippen LogP) is 5.77. The van der Waals surface area contributed by atoms with Gasteiger partial charge in [-0.25, -0.2) is 9.38 Å². The average Bonchev–Trinajstić information content (AvgIpc) is 3.19. The van der Waals surface area contributed by atoms with E-state index < -0.39 is 0 Å². The minimum atomic E-state index is -0.0595. The smallest absolute Gasteiger partial charge is 0.267 e. The van der Waals surface area contributed by atoms with Crippen molar-refractivity contribution in [2.75, 3.05) is 0 Å². The quantitative estimate of drug-likeness (QED) is 0.370. The monoisotopic (exact) mass is 401 g/mol. The molecule has 4 heteroatoms. The SMILES string of the molecule is Cc1ccc(-c2cn(-c3ccc4ccccc4c3)c3nc4ccccc4c(=O)n23)cc1. The number of imidazole rings is 1. The molecule has 31 heavy (non-hydrogen) atoms. The molecule has 148 valence electrons. The second kappa shape index (κ2) is 6.67. The number of hydrogen-bond acceptors (Lipinski definition) is 2. The summed E-state index contributed by atoms with van der Waals surface area (Å²) < 4.78 is 3.73. The van der Waals surface area contributed by atoms with Gasteiger partial charge >= 0.3 is 0 Å². The molecule has 0 fully saturated rings. The topological polar surface area (TPSA) is 39.3 Å². The molecule has 0 saturated heterocycles. The van der Waals surface area contributed by atoms with E-state index >= 15 is 0 Å². The van der Waals surface area contributed by atoms with Crippen molar-refractivity contribution in [1.29, 1.82) is 0 Å². The first-order chi connectivity index (χ1) is 15.2. The van der Waals surface area contributed by atoms with Crippen LogP contribution in [-0.4, -0.2) is 14.0 Å². The molecule has 0 unspecified atom stereocenters. The molecule has 0 radical (unpaired) electrons. The molecule has 0 aliphatic rings. The molecule has 0 saturated carbocycles. The maximum absolute atomic E-state index is 13.5. The van der Waals surface area contributed by atoms with E-state index in [1.807, 2.05) is 47.2 Å². The first-order valence-corrected chi connectivity index (χ1v) is 10.3. The van der Waals surface area contributed by atoms with Crippen LogP contribution in [0.2, 0.25) is 0 Å². The third kappa shape index (κ3) is 2.76. The second-order valence-corrected chi connectivity index (χ2v) is 7.85. The Kier molecular flexibility index (Phi) is 3.80. The first-order valence-electron chi connectivity index (χ1n) is 10.3. The third-order valence-electron chi connectivity index (χ3n) is 5.82. The van der Waals surface area contributed by atoms with Crippen molar-refractivity contribution in [3.63, 3.8) is 0 Å². The van der Waals surface area contributed by atoms with Gasteiger partial charge < -0.3 is 0 Å². The summed E-state index contributed by atoms with van der Waals surface area (Å²) in [6, 6.07) is 30.3. The molecule has 0 bridgehead atoms. The standard InChI is InChI=1S/C27H19N3O/c1-18-10-12-20(13-11-18)25-17-29(22-15-14-19-6-2-3-7-21(19)16-22)27-28-24-9-5-4-8-23(24)26(31)30(25)27/h2-17H,1H3. The summed E-state index contributed by atoms with van der Waals surface area (Å²) in [6.07, 6.45) is 2.01. The van der Waals surface area contributed by atoms with Crippen molar-refractivity contribution in [2.24, 2.45) is 0 Å². The number of para-hydroxylation sites is 1. The van der Waals surface area contributed by atoms with Crippen LogP contribution in [0.4, 0.5) is 0 Å². The van der Waals surface area contributed by atoms with Crippen LogP contribution in [0.5, 0.6) is 0 Å². The number of benzene rings is 4. The largest absolute Gasteiger partial charge is 0.285 e. The number of aromatic nitrogens is 3. The molecule has 2 heterocycles. The number of hydrogen-bond donors (Lipinski definition) is 0. The van der Waals surface area contributed by atoms with Gasteiger partial charge in [-0.05, 0) is 42.0 Å². The van der Waals surface area contributed by atoms with Crippen LogP contribution in [-0.2, 0) is 0 Å². The summed E-state index contributed by atoms with van der Waals surface area (Å²) in [7, 11) is 0. The summed E-state index contributed by atoms with van der Waals surface area (Å²) in [4.78, 5) is 18.4. The average molecular weight is 401 g/mol. The normalized spacial score (nSPS) is 11.5. The minimum Gasteiger partial charge on any atom is -0.285 e. The van der Waals surface area contributed by atoms with Crippen molar-refractivity contribution in [3.05, 3.63) is 113 Å². The minimum absolute atomic E-state index is 0.0595. The Balaban J connectivity index is 1.73. The van der Waals surface area contributed by atoms with Gasteiger partial charge in [0.15, 0.2) is 0 Å². The summed E-state index contributed by atoms with van der Waals surface area (Å²) >= 11 is 0. The molecule has 0 N–H and O–H groups in total. The molecular weight excluding hydrogens is 382 g/mol. The maximum atomic E-state index is 13.5. The van der Waals surface area contributed by atoms with Gasteiger partial charge in [0.1, 0.15) is 0 Å². The lowest BCUT2D eigenvalue weighted by molar-refractivity contribution is 1.03. The Morgan fingerprint density at radius 2 is 1.52 bits per heavy atom. The highest BCUT2D eigenvalue weighted by atomic mass is 16.1. The Bertz CT molecular complexity index is 1660. The molecule has 6 rings (SSSR count). The molecule has 0 aliphatic heterocycles. The molecule has 0 aliphatic carbocycles. The molecule has 4 nitrogen and oxygen atoms in total.